The summed E-state index contributed by atoms with van der Waals surface area (Å²) in [6, 6.07) is 16.4. The number of carbonyl (C=O) groups excluding carboxylic acids is 1. The maximum atomic E-state index is 12.9. The van der Waals surface area contributed by atoms with Crippen molar-refractivity contribution in [2.75, 3.05) is 5.32 Å². The van der Waals surface area contributed by atoms with Crippen LogP contribution >= 0.6 is 11.3 Å². The lowest BCUT2D eigenvalue weighted by Gasteiger charge is -2.05. The van der Waals surface area contributed by atoms with Crippen molar-refractivity contribution in [1.29, 1.82) is 0 Å². The van der Waals surface area contributed by atoms with Crippen molar-refractivity contribution >= 4 is 22.9 Å². The molecule has 1 N–H and O–H groups in total. The van der Waals surface area contributed by atoms with Crippen molar-refractivity contribution in [2.24, 2.45) is 0 Å². The number of halogens is 1. The summed E-state index contributed by atoms with van der Waals surface area (Å²) >= 11 is 1.56. The number of nitrogens with one attached hydrogen (secondary N) is 1. The minimum atomic E-state index is -0.352. The molecule has 0 saturated carbocycles. The lowest BCUT2D eigenvalue weighted by molar-refractivity contribution is 0.0992. The molecule has 28 heavy (non-hydrogen) atoms. The van der Waals surface area contributed by atoms with Crippen LogP contribution in [0.25, 0.3) is 10.6 Å². The van der Waals surface area contributed by atoms with Gasteiger partial charge in [-0.2, -0.15) is 0 Å². The fourth-order valence-corrected chi connectivity index (χ4v) is 3.16. The molecule has 0 bridgehead atoms. The Balaban J connectivity index is 1.35. The van der Waals surface area contributed by atoms with Gasteiger partial charge in [-0.1, -0.05) is 0 Å². The van der Waals surface area contributed by atoms with Crippen molar-refractivity contribution in [3.63, 3.8) is 0 Å². The zero-order valence-corrected chi connectivity index (χ0v) is 15.4. The zero-order chi connectivity index (χ0) is 19.3. The van der Waals surface area contributed by atoms with Crippen LogP contribution in [0.5, 0.6) is 5.75 Å². The summed E-state index contributed by atoms with van der Waals surface area (Å²) in [5.74, 6) is 0.512. The molecule has 7 heteroatoms. The van der Waals surface area contributed by atoms with Gasteiger partial charge in [0.25, 0.3) is 5.91 Å². The molecule has 0 spiro atoms. The number of anilines is 1. The molecular formula is C21H15FN2O3S. The van der Waals surface area contributed by atoms with Crippen LogP contribution in [0.15, 0.2) is 76.7 Å². The van der Waals surface area contributed by atoms with E-state index in [1.54, 1.807) is 29.7 Å². The normalized spacial score (nSPS) is 10.6. The van der Waals surface area contributed by atoms with E-state index in [4.69, 9.17) is 9.15 Å². The summed E-state index contributed by atoms with van der Waals surface area (Å²) in [6.07, 6.45) is 1.75. The van der Waals surface area contributed by atoms with Gasteiger partial charge < -0.3 is 14.5 Å². The number of hydrogen-bond donors (Lipinski definition) is 1. The predicted octanol–water partition coefficient (Wildman–Crippen LogP) is 5.37. The second-order valence-corrected chi connectivity index (χ2v) is 6.77. The highest BCUT2D eigenvalue weighted by Crippen LogP contribution is 2.23. The zero-order valence-electron chi connectivity index (χ0n) is 14.6. The van der Waals surface area contributed by atoms with Crippen molar-refractivity contribution in [2.45, 2.75) is 6.61 Å². The van der Waals surface area contributed by atoms with Crippen LogP contribution in [-0.4, -0.2) is 10.9 Å². The molecule has 0 fully saturated rings. The lowest BCUT2D eigenvalue weighted by atomic mass is 10.2. The first kappa shape index (κ1) is 17.9. The number of ether oxygens (including phenoxy) is 1. The van der Waals surface area contributed by atoms with E-state index in [2.05, 4.69) is 10.3 Å². The summed E-state index contributed by atoms with van der Waals surface area (Å²) in [5.41, 5.74) is 1.65. The smallest absolute Gasteiger partial charge is 0.291 e. The van der Waals surface area contributed by atoms with Crippen LogP contribution in [0.3, 0.4) is 0 Å². The number of rotatable bonds is 6. The first-order valence-electron chi connectivity index (χ1n) is 8.46. The maximum Gasteiger partial charge on any atom is 0.291 e. The van der Waals surface area contributed by atoms with Gasteiger partial charge in [0.15, 0.2) is 5.76 Å². The van der Waals surface area contributed by atoms with Gasteiger partial charge in [-0.05, 0) is 60.7 Å². The van der Waals surface area contributed by atoms with Crippen LogP contribution in [0.1, 0.15) is 16.3 Å². The van der Waals surface area contributed by atoms with E-state index in [0.29, 0.717) is 17.2 Å². The number of nitrogens with zero attached hydrogens (tertiary/aromatic N) is 1. The SMILES string of the molecule is O=C(Nc1ccc(-c2nccs2)cc1)c1ccc(COc2ccc(F)cc2)o1. The summed E-state index contributed by atoms with van der Waals surface area (Å²) in [4.78, 5) is 16.6. The van der Waals surface area contributed by atoms with Crippen LogP contribution in [-0.2, 0) is 6.61 Å². The average Bonchev–Trinajstić information content (AvgIpc) is 3.40. The van der Waals surface area contributed by atoms with Crippen molar-refractivity contribution in [3.05, 3.63) is 89.6 Å². The number of hydrogen-bond acceptors (Lipinski definition) is 5. The van der Waals surface area contributed by atoms with Crippen LogP contribution < -0.4 is 10.1 Å². The Kier molecular flexibility index (Phi) is 5.16. The number of benzene rings is 2. The molecule has 0 radical (unpaired) electrons. The molecular weight excluding hydrogens is 379 g/mol. The average molecular weight is 394 g/mol. The number of carbonyl (C=O) groups is 1. The van der Waals surface area contributed by atoms with E-state index in [9.17, 15) is 9.18 Å². The summed E-state index contributed by atoms with van der Waals surface area (Å²) in [6.45, 7) is 0.140. The highest BCUT2D eigenvalue weighted by atomic mass is 32.1. The van der Waals surface area contributed by atoms with Crippen LogP contribution in [0.2, 0.25) is 0 Å². The standard InChI is InChI=1S/C21H15FN2O3S/c22-15-3-7-17(8-4-15)26-13-18-9-10-19(27-18)20(25)24-16-5-1-14(2-6-16)21-23-11-12-28-21/h1-12H,13H2,(H,24,25). The Morgan fingerprint density at radius 1 is 1.07 bits per heavy atom. The van der Waals surface area contributed by atoms with E-state index in [1.165, 1.54) is 24.3 Å². The number of thiazole rings is 1. The predicted molar refractivity (Wildman–Crippen MR) is 105 cm³/mol. The molecule has 4 rings (SSSR count). The lowest BCUT2D eigenvalue weighted by Crippen LogP contribution is -2.10. The minimum Gasteiger partial charge on any atom is -0.486 e. The highest BCUT2D eigenvalue weighted by Gasteiger charge is 2.12. The van der Waals surface area contributed by atoms with Crippen LogP contribution in [0.4, 0.5) is 10.1 Å². The minimum absolute atomic E-state index is 0.140. The third kappa shape index (κ3) is 4.27. The summed E-state index contributed by atoms with van der Waals surface area (Å²) in [5, 5.41) is 5.63. The Morgan fingerprint density at radius 3 is 2.57 bits per heavy atom. The number of amides is 1. The van der Waals surface area contributed by atoms with Gasteiger partial charge >= 0.3 is 0 Å². The fourth-order valence-electron chi connectivity index (χ4n) is 2.52. The largest absolute Gasteiger partial charge is 0.486 e. The molecule has 2 heterocycles. The van der Waals surface area contributed by atoms with E-state index in [1.807, 2.05) is 29.6 Å². The monoisotopic (exact) mass is 394 g/mol. The van der Waals surface area contributed by atoms with E-state index >= 15 is 0 Å². The summed E-state index contributed by atoms with van der Waals surface area (Å²) < 4.78 is 23.9. The Morgan fingerprint density at radius 2 is 1.86 bits per heavy atom. The molecule has 0 aliphatic heterocycles. The molecule has 1 amide bonds. The Bertz CT molecular complexity index is 1060. The molecule has 0 unspecified atom stereocenters. The molecule has 0 aliphatic carbocycles. The van der Waals surface area contributed by atoms with Gasteiger partial charge in [0.2, 0.25) is 0 Å². The van der Waals surface area contributed by atoms with E-state index in [0.717, 1.165) is 10.6 Å². The van der Waals surface area contributed by atoms with E-state index in [-0.39, 0.29) is 24.1 Å². The van der Waals surface area contributed by atoms with E-state index < -0.39 is 0 Å². The van der Waals surface area contributed by atoms with Crippen molar-refractivity contribution in [1.82, 2.24) is 4.98 Å². The second kappa shape index (κ2) is 8.06. The molecule has 0 saturated heterocycles. The van der Waals surface area contributed by atoms with Gasteiger partial charge in [-0.15, -0.1) is 11.3 Å². The Labute approximate surface area is 164 Å². The molecule has 5 nitrogen and oxygen atoms in total. The van der Waals surface area contributed by atoms with Crippen LogP contribution in [0, 0.1) is 5.82 Å². The molecule has 0 atom stereocenters. The van der Waals surface area contributed by atoms with Gasteiger partial charge in [0.05, 0.1) is 0 Å². The highest BCUT2D eigenvalue weighted by molar-refractivity contribution is 7.13. The molecule has 140 valence electrons. The first-order valence-corrected chi connectivity index (χ1v) is 9.34. The number of aromatic nitrogens is 1. The third-order valence-corrected chi connectivity index (χ3v) is 4.72. The number of furan rings is 1. The van der Waals surface area contributed by atoms with Gasteiger partial charge in [0.1, 0.15) is 28.9 Å². The molecule has 4 aromatic rings. The Hall–Kier alpha value is -3.45. The fraction of sp³-hybridized carbons (Fsp3) is 0.0476. The first-order chi connectivity index (χ1) is 13.7. The third-order valence-electron chi connectivity index (χ3n) is 3.90. The van der Waals surface area contributed by atoms with Gasteiger partial charge in [-0.25, -0.2) is 9.37 Å². The molecule has 2 aromatic carbocycles. The van der Waals surface area contributed by atoms with Crippen molar-refractivity contribution < 1.29 is 18.3 Å². The second-order valence-electron chi connectivity index (χ2n) is 5.88. The molecule has 0 aliphatic rings. The maximum absolute atomic E-state index is 12.9. The van der Waals surface area contributed by atoms with Crippen molar-refractivity contribution in [3.8, 4) is 16.3 Å². The van der Waals surface area contributed by atoms with Gasteiger partial charge in [-0.3, -0.25) is 4.79 Å². The quantitative estimate of drug-likeness (QED) is 0.477. The topological polar surface area (TPSA) is 64.4 Å². The molecule has 2 aromatic heterocycles. The summed E-state index contributed by atoms with van der Waals surface area (Å²) in [7, 11) is 0. The van der Waals surface area contributed by atoms with Gasteiger partial charge in [0, 0.05) is 22.8 Å².